The van der Waals surface area contributed by atoms with Gasteiger partial charge >= 0.3 is 0 Å². The van der Waals surface area contributed by atoms with Gasteiger partial charge in [0, 0.05) is 43.5 Å². The second-order valence-corrected chi connectivity index (χ2v) is 4.26. The summed E-state index contributed by atoms with van der Waals surface area (Å²) in [5.74, 6) is -0.274. The Morgan fingerprint density at radius 3 is 2.90 bits per heavy atom. The van der Waals surface area contributed by atoms with Gasteiger partial charge in [-0.3, -0.25) is 4.68 Å². The molecule has 4 rings (SSSR count). The summed E-state index contributed by atoms with van der Waals surface area (Å²) in [7, 11) is 0. The van der Waals surface area contributed by atoms with Gasteiger partial charge in [-0.15, -0.1) is 0 Å². The minimum absolute atomic E-state index is 0. The molecule has 2 aromatic carbocycles. The Morgan fingerprint density at radius 2 is 2.10 bits per heavy atom. The number of furan rings is 1. The molecule has 0 spiro atoms. The Morgan fingerprint density at radius 1 is 1.20 bits per heavy atom. The van der Waals surface area contributed by atoms with Crippen LogP contribution in [-0.4, -0.2) is 9.78 Å². The van der Waals surface area contributed by atoms with E-state index in [4.69, 9.17) is 4.42 Å². The number of hydrogen-bond donors (Lipinski definition) is 0. The van der Waals surface area contributed by atoms with Crippen LogP contribution in [0.25, 0.3) is 27.6 Å². The maximum absolute atomic E-state index is 13.3. The minimum Gasteiger partial charge on any atom is -0.513 e. The number of halogens is 1. The largest absolute Gasteiger partial charge is 0.513 e. The molecule has 0 N–H and O–H groups in total. The summed E-state index contributed by atoms with van der Waals surface area (Å²) in [6.45, 7) is 0. The van der Waals surface area contributed by atoms with Crippen LogP contribution in [0.2, 0.25) is 0 Å². The van der Waals surface area contributed by atoms with Gasteiger partial charge in [0.1, 0.15) is 11.4 Å². The van der Waals surface area contributed by atoms with Crippen LogP contribution in [0.1, 0.15) is 0 Å². The summed E-state index contributed by atoms with van der Waals surface area (Å²) in [6.07, 6.45) is 3.51. The van der Waals surface area contributed by atoms with Gasteiger partial charge in [0.05, 0.1) is 0 Å². The Balaban J connectivity index is 0.00000121. The molecular formula is C15H8FIrN2O-. The number of fused-ring (bicyclic) bond motifs is 3. The molecule has 0 aliphatic rings. The zero-order valence-corrected chi connectivity index (χ0v) is 12.5. The molecule has 20 heavy (non-hydrogen) atoms. The van der Waals surface area contributed by atoms with Crippen molar-refractivity contribution in [2.24, 2.45) is 0 Å². The Kier molecular flexibility index (Phi) is 3.16. The second kappa shape index (κ2) is 4.85. The van der Waals surface area contributed by atoms with Crippen molar-refractivity contribution in [3.63, 3.8) is 0 Å². The molecule has 1 radical (unpaired) electrons. The van der Waals surface area contributed by atoms with E-state index in [2.05, 4.69) is 11.2 Å². The first kappa shape index (κ1) is 13.0. The van der Waals surface area contributed by atoms with Crippen molar-refractivity contribution in [1.29, 1.82) is 0 Å². The van der Waals surface area contributed by atoms with Crippen molar-refractivity contribution in [3.05, 3.63) is 60.7 Å². The number of aromatic nitrogens is 2. The van der Waals surface area contributed by atoms with Crippen LogP contribution in [0, 0.1) is 11.9 Å². The van der Waals surface area contributed by atoms with Crippen molar-refractivity contribution >= 4 is 21.9 Å². The molecule has 0 unspecified atom stereocenters. The molecule has 5 heteroatoms. The predicted octanol–water partition coefficient (Wildman–Crippen LogP) is 3.71. The van der Waals surface area contributed by atoms with E-state index in [0.717, 1.165) is 16.5 Å². The van der Waals surface area contributed by atoms with E-state index in [0.29, 0.717) is 11.2 Å². The molecule has 0 fully saturated rings. The molecule has 101 valence electrons. The van der Waals surface area contributed by atoms with E-state index in [9.17, 15) is 4.39 Å². The van der Waals surface area contributed by atoms with Crippen LogP contribution < -0.4 is 0 Å². The normalized spacial score (nSPS) is 10.8. The molecule has 0 saturated heterocycles. The van der Waals surface area contributed by atoms with E-state index in [1.54, 1.807) is 23.0 Å². The van der Waals surface area contributed by atoms with E-state index < -0.39 is 0 Å². The molecule has 2 heterocycles. The van der Waals surface area contributed by atoms with Crippen LogP contribution in [0.4, 0.5) is 4.39 Å². The average Bonchev–Trinajstić information content (AvgIpc) is 3.05. The van der Waals surface area contributed by atoms with E-state index >= 15 is 0 Å². The first-order chi connectivity index (χ1) is 9.33. The van der Waals surface area contributed by atoms with Crippen LogP contribution >= 0.6 is 0 Å². The van der Waals surface area contributed by atoms with Crippen molar-refractivity contribution in [2.45, 2.75) is 0 Å². The van der Waals surface area contributed by atoms with Gasteiger partial charge in [0.2, 0.25) is 0 Å². The molecule has 0 aliphatic heterocycles. The summed E-state index contributed by atoms with van der Waals surface area (Å²) in [5, 5.41) is 5.80. The van der Waals surface area contributed by atoms with Crippen molar-refractivity contribution in [1.82, 2.24) is 9.78 Å². The Hall–Kier alpha value is -1.97. The van der Waals surface area contributed by atoms with E-state index in [1.165, 1.54) is 12.1 Å². The first-order valence-electron chi connectivity index (χ1n) is 5.85. The number of hydrogen-bond acceptors (Lipinski definition) is 2. The summed E-state index contributed by atoms with van der Waals surface area (Å²) in [6, 6.07) is 13.1. The molecule has 0 aliphatic carbocycles. The van der Waals surface area contributed by atoms with E-state index in [-0.39, 0.29) is 25.9 Å². The average molecular weight is 443 g/mol. The third-order valence-corrected chi connectivity index (χ3v) is 3.11. The minimum atomic E-state index is -0.274. The van der Waals surface area contributed by atoms with E-state index in [1.807, 2.05) is 18.3 Å². The van der Waals surface area contributed by atoms with Crippen molar-refractivity contribution in [3.8, 4) is 5.69 Å². The van der Waals surface area contributed by atoms with Gasteiger partial charge in [-0.2, -0.15) is 23.3 Å². The van der Waals surface area contributed by atoms with Crippen LogP contribution in [0.15, 0.2) is 53.2 Å². The van der Waals surface area contributed by atoms with Crippen molar-refractivity contribution in [2.75, 3.05) is 0 Å². The molecule has 0 amide bonds. The zero-order chi connectivity index (χ0) is 12.8. The molecule has 0 bridgehead atoms. The number of nitrogens with zero attached hydrogens (tertiary/aromatic N) is 2. The molecule has 0 saturated carbocycles. The summed E-state index contributed by atoms with van der Waals surface area (Å²) >= 11 is 0. The maximum Gasteiger partial charge on any atom is 0.124 e. The number of rotatable bonds is 1. The summed E-state index contributed by atoms with van der Waals surface area (Å²) < 4.78 is 20.8. The smallest absolute Gasteiger partial charge is 0.124 e. The molecule has 2 aromatic heterocycles. The topological polar surface area (TPSA) is 31.0 Å². The first-order valence-corrected chi connectivity index (χ1v) is 5.85. The predicted molar refractivity (Wildman–Crippen MR) is 69.6 cm³/mol. The van der Waals surface area contributed by atoms with Gasteiger partial charge in [0.15, 0.2) is 0 Å². The monoisotopic (exact) mass is 444 g/mol. The fourth-order valence-electron chi connectivity index (χ4n) is 2.27. The quantitative estimate of drug-likeness (QED) is 0.420. The fourth-order valence-corrected chi connectivity index (χ4v) is 2.27. The zero-order valence-electron chi connectivity index (χ0n) is 10.1. The number of benzene rings is 2. The molecule has 4 aromatic rings. The molecule has 0 atom stereocenters. The Labute approximate surface area is 127 Å². The van der Waals surface area contributed by atoms with Crippen LogP contribution in [-0.2, 0) is 20.1 Å². The van der Waals surface area contributed by atoms with Gasteiger partial charge in [-0.25, -0.2) is 4.39 Å². The molecular weight excluding hydrogens is 435 g/mol. The van der Waals surface area contributed by atoms with Gasteiger partial charge < -0.3 is 4.42 Å². The maximum atomic E-state index is 13.3. The summed E-state index contributed by atoms with van der Waals surface area (Å²) in [4.78, 5) is 0. The molecule has 3 nitrogen and oxygen atoms in total. The standard InChI is InChI=1S/C15H8FN2O.Ir/c16-10-5-6-14-12(9-10)11-3-1-4-13(15(11)19-14)18-8-2-7-17-18;/h1-3,5-9H;/q-1;. The SMILES string of the molecule is Fc1ccc2oc3c(-n4cccn4)[c-]ccc3c2c1.[Ir]. The van der Waals surface area contributed by atoms with Gasteiger partial charge in [-0.05, 0) is 30.0 Å². The van der Waals surface area contributed by atoms with Gasteiger partial charge in [-0.1, -0.05) is 5.39 Å². The Bertz CT molecular complexity index is 884. The van der Waals surface area contributed by atoms with Gasteiger partial charge in [0.25, 0.3) is 0 Å². The third kappa shape index (κ3) is 1.87. The van der Waals surface area contributed by atoms with Crippen LogP contribution in [0.3, 0.4) is 0 Å². The fraction of sp³-hybridized carbons (Fsp3) is 0. The van der Waals surface area contributed by atoms with Crippen LogP contribution in [0.5, 0.6) is 0 Å². The third-order valence-electron chi connectivity index (χ3n) is 3.11. The second-order valence-electron chi connectivity index (χ2n) is 4.26. The summed E-state index contributed by atoms with van der Waals surface area (Å²) in [5.41, 5.74) is 2.04. The van der Waals surface area contributed by atoms with Crippen molar-refractivity contribution < 1.29 is 28.9 Å².